The lowest BCUT2D eigenvalue weighted by molar-refractivity contribution is -0.125. The number of hydrogen-bond acceptors (Lipinski definition) is 4. The molecule has 2 aliphatic carbocycles. The maximum atomic E-state index is 13.8. The van der Waals surface area contributed by atoms with E-state index in [0.717, 1.165) is 36.1 Å². The summed E-state index contributed by atoms with van der Waals surface area (Å²) in [5, 5.41) is 9.96. The molecule has 0 saturated heterocycles. The molecule has 31 heavy (non-hydrogen) atoms. The van der Waals surface area contributed by atoms with Crippen molar-refractivity contribution < 1.29 is 19.5 Å². The first-order valence-corrected chi connectivity index (χ1v) is 12.0. The number of nitrogens with zero attached hydrogens (tertiary/aromatic N) is 1. The van der Waals surface area contributed by atoms with Crippen molar-refractivity contribution in [2.45, 2.75) is 64.3 Å². The number of benzene rings is 1. The number of Topliss-reactive ketones (excluding diaryl/α,β-unsaturated/α-hetero) is 1. The van der Waals surface area contributed by atoms with Crippen molar-refractivity contribution in [3.05, 3.63) is 41.3 Å². The van der Waals surface area contributed by atoms with Crippen molar-refractivity contribution in [1.82, 2.24) is 0 Å². The summed E-state index contributed by atoms with van der Waals surface area (Å²) < 4.78 is 0. The van der Waals surface area contributed by atoms with Crippen LogP contribution in [-0.4, -0.2) is 28.8 Å². The van der Waals surface area contributed by atoms with Gasteiger partial charge in [0, 0.05) is 29.7 Å². The van der Waals surface area contributed by atoms with Gasteiger partial charge in [0.15, 0.2) is 0 Å². The number of aromatic carboxylic acids is 1. The van der Waals surface area contributed by atoms with Gasteiger partial charge in [0.2, 0.25) is 5.91 Å². The quantitative estimate of drug-likeness (QED) is 0.640. The summed E-state index contributed by atoms with van der Waals surface area (Å²) >= 11 is 1.22. The van der Waals surface area contributed by atoms with Crippen LogP contribution < -0.4 is 4.90 Å². The number of thiophene rings is 1. The molecule has 0 spiro atoms. The average molecular weight is 440 g/mol. The van der Waals surface area contributed by atoms with Crippen molar-refractivity contribution >= 4 is 34.7 Å². The van der Waals surface area contributed by atoms with Crippen LogP contribution >= 0.6 is 11.3 Å². The van der Waals surface area contributed by atoms with Crippen LogP contribution in [0.15, 0.2) is 36.4 Å². The van der Waals surface area contributed by atoms with Crippen LogP contribution in [0.2, 0.25) is 0 Å². The fourth-order valence-corrected chi connectivity index (χ4v) is 5.83. The van der Waals surface area contributed by atoms with E-state index in [4.69, 9.17) is 0 Å². The summed E-state index contributed by atoms with van der Waals surface area (Å²) in [6.07, 6.45) is 5.85. The van der Waals surface area contributed by atoms with E-state index in [-0.39, 0.29) is 28.5 Å². The maximum Gasteiger partial charge on any atom is 0.348 e. The summed E-state index contributed by atoms with van der Waals surface area (Å²) in [6.45, 7) is 2.22. The third kappa shape index (κ3) is 4.74. The Hall–Kier alpha value is -2.47. The van der Waals surface area contributed by atoms with Crippen LogP contribution in [0.3, 0.4) is 0 Å². The zero-order valence-corrected chi connectivity index (χ0v) is 18.7. The molecule has 5 nitrogen and oxygen atoms in total. The summed E-state index contributed by atoms with van der Waals surface area (Å²) in [7, 11) is 0. The molecule has 2 aromatic rings. The van der Waals surface area contributed by atoms with Gasteiger partial charge < -0.3 is 10.0 Å². The second kappa shape index (κ2) is 9.35. The van der Waals surface area contributed by atoms with Crippen molar-refractivity contribution in [1.29, 1.82) is 0 Å². The van der Waals surface area contributed by atoms with Gasteiger partial charge in [0.25, 0.3) is 0 Å². The highest BCUT2D eigenvalue weighted by Crippen LogP contribution is 2.41. The minimum atomic E-state index is -1.01. The van der Waals surface area contributed by atoms with Crippen molar-refractivity contribution in [2.24, 2.45) is 11.8 Å². The average Bonchev–Trinajstić information content (AvgIpc) is 3.22. The van der Waals surface area contributed by atoms with Gasteiger partial charge in [-0.15, -0.1) is 11.3 Å². The molecule has 164 valence electrons. The standard InChI is InChI=1S/C25H29NO4S/c1-16-7-9-18(10-8-16)24(28)26(19-11-13-20(27)14-12-19)21-15-22(31-23(21)25(29)30)17-5-3-2-4-6-17/h2-6,15-16,18-19H,7-14H2,1H3,(H,29,30). The predicted molar refractivity (Wildman–Crippen MR) is 123 cm³/mol. The van der Waals surface area contributed by atoms with E-state index in [0.29, 0.717) is 37.3 Å². The predicted octanol–water partition coefficient (Wildman–Crippen LogP) is 5.78. The number of carbonyl (C=O) groups excluding carboxylic acids is 2. The highest BCUT2D eigenvalue weighted by molar-refractivity contribution is 7.18. The lowest BCUT2D eigenvalue weighted by Gasteiger charge is -2.37. The summed E-state index contributed by atoms with van der Waals surface area (Å²) in [5.74, 6) is -0.194. The highest BCUT2D eigenvalue weighted by atomic mass is 32.1. The second-order valence-electron chi connectivity index (χ2n) is 8.93. The van der Waals surface area contributed by atoms with Gasteiger partial charge >= 0.3 is 5.97 Å². The minimum absolute atomic E-state index is 0.0335. The molecule has 1 amide bonds. The molecule has 0 atom stereocenters. The largest absolute Gasteiger partial charge is 0.477 e. The van der Waals surface area contributed by atoms with Gasteiger partial charge in [-0.05, 0) is 56.1 Å². The lowest BCUT2D eigenvalue weighted by Crippen LogP contribution is -2.46. The van der Waals surface area contributed by atoms with E-state index in [1.165, 1.54) is 11.3 Å². The van der Waals surface area contributed by atoms with E-state index in [1.807, 2.05) is 36.4 Å². The van der Waals surface area contributed by atoms with E-state index >= 15 is 0 Å². The lowest BCUT2D eigenvalue weighted by atomic mass is 9.81. The minimum Gasteiger partial charge on any atom is -0.477 e. The fraction of sp³-hybridized carbons (Fsp3) is 0.480. The Kier molecular flexibility index (Phi) is 6.56. The third-order valence-electron chi connectivity index (χ3n) is 6.71. The Morgan fingerprint density at radius 3 is 2.26 bits per heavy atom. The monoisotopic (exact) mass is 439 g/mol. The molecule has 6 heteroatoms. The topological polar surface area (TPSA) is 74.7 Å². The fourth-order valence-electron chi connectivity index (χ4n) is 4.84. The number of amides is 1. The molecule has 0 aliphatic heterocycles. The van der Waals surface area contributed by atoms with Gasteiger partial charge in [-0.2, -0.15) is 0 Å². The molecule has 1 aromatic heterocycles. The van der Waals surface area contributed by atoms with Crippen molar-refractivity contribution in [3.63, 3.8) is 0 Å². The molecule has 0 bridgehead atoms. The van der Waals surface area contributed by atoms with E-state index < -0.39 is 5.97 Å². The molecule has 1 heterocycles. The Labute approximate surface area is 187 Å². The van der Waals surface area contributed by atoms with E-state index in [1.54, 1.807) is 4.90 Å². The second-order valence-corrected chi connectivity index (χ2v) is 9.98. The van der Waals surface area contributed by atoms with Crippen LogP contribution in [0.25, 0.3) is 10.4 Å². The molecule has 1 aromatic carbocycles. The van der Waals surface area contributed by atoms with Crippen molar-refractivity contribution in [2.75, 3.05) is 4.90 Å². The molecule has 2 fully saturated rings. The molecule has 2 aliphatic rings. The van der Waals surface area contributed by atoms with Crippen molar-refractivity contribution in [3.8, 4) is 10.4 Å². The summed E-state index contributed by atoms with van der Waals surface area (Å²) in [6, 6.07) is 11.4. The van der Waals surface area contributed by atoms with Crippen LogP contribution in [-0.2, 0) is 9.59 Å². The number of carboxylic acids is 1. The first-order chi connectivity index (χ1) is 14.9. The number of ketones is 1. The summed E-state index contributed by atoms with van der Waals surface area (Å²) in [4.78, 5) is 40.6. The number of carbonyl (C=O) groups is 3. The molecule has 0 unspecified atom stereocenters. The van der Waals surface area contributed by atoms with Crippen LogP contribution in [0.1, 0.15) is 68.0 Å². The molecular weight excluding hydrogens is 410 g/mol. The third-order valence-corrected chi connectivity index (χ3v) is 7.87. The van der Waals surface area contributed by atoms with E-state index in [9.17, 15) is 19.5 Å². The maximum absolute atomic E-state index is 13.8. The molecule has 1 N–H and O–H groups in total. The normalized spacial score (nSPS) is 22.3. The van der Waals surface area contributed by atoms with Gasteiger partial charge in [-0.1, -0.05) is 37.3 Å². The zero-order chi connectivity index (χ0) is 22.0. The molecule has 4 rings (SSSR count). The number of hydrogen-bond donors (Lipinski definition) is 1. The Balaban J connectivity index is 1.73. The smallest absolute Gasteiger partial charge is 0.348 e. The molecular formula is C25H29NO4S. The number of carboxylic acid groups (broad SMARTS) is 1. The SMILES string of the molecule is CC1CCC(C(=O)N(c2cc(-c3ccccc3)sc2C(=O)O)C2CCC(=O)CC2)CC1. The first-order valence-electron chi connectivity index (χ1n) is 11.2. The van der Waals surface area contributed by atoms with Gasteiger partial charge in [0.05, 0.1) is 5.69 Å². The van der Waals surface area contributed by atoms with Gasteiger partial charge in [0.1, 0.15) is 10.7 Å². The van der Waals surface area contributed by atoms with Crippen LogP contribution in [0.4, 0.5) is 5.69 Å². The summed E-state index contributed by atoms with van der Waals surface area (Å²) in [5.41, 5.74) is 1.44. The first kappa shape index (κ1) is 21.8. The van der Waals surface area contributed by atoms with Gasteiger partial charge in [-0.3, -0.25) is 9.59 Å². The number of anilines is 1. The number of rotatable bonds is 5. The zero-order valence-electron chi connectivity index (χ0n) is 17.9. The van der Waals surface area contributed by atoms with Gasteiger partial charge in [-0.25, -0.2) is 4.79 Å². The van der Waals surface area contributed by atoms with E-state index in [2.05, 4.69) is 6.92 Å². The molecule has 0 radical (unpaired) electrons. The van der Waals surface area contributed by atoms with Crippen LogP contribution in [0, 0.1) is 11.8 Å². The molecule has 2 saturated carbocycles. The Morgan fingerprint density at radius 2 is 1.65 bits per heavy atom. The Bertz CT molecular complexity index is 949. The highest BCUT2D eigenvalue weighted by Gasteiger charge is 2.37. The van der Waals surface area contributed by atoms with Crippen LogP contribution in [0.5, 0.6) is 0 Å². The Morgan fingerprint density at radius 1 is 1.00 bits per heavy atom.